The van der Waals surface area contributed by atoms with Crippen LogP contribution in [0.3, 0.4) is 0 Å². The van der Waals surface area contributed by atoms with Crippen molar-refractivity contribution in [1.82, 2.24) is 9.62 Å². The third kappa shape index (κ3) is 8.15. The summed E-state index contributed by atoms with van der Waals surface area (Å²) in [6.07, 6.45) is 1.26. The van der Waals surface area contributed by atoms with Crippen molar-refractivity contribution in [3.63, 3.8) is 0 Å². The minimum atomic E-state index is -3.98. The Morgan fingerprint density at radius 1 is 1.12 bits per heavy atom. The van der Waals surface area contributed by atoms with Gasteiger partial charge < -0.3 is 16.2 Å². The minimum absolute atomic E-state index is 0.00251. The number of carboxylic acid groups (broad SMARTS) is 1. The molecular weight excluding hydrogens is 552 g/mol. The lowest BCUT2D eigenvalue weighted by atomic mass is 9.99. The Bertz CT molecular complexity index is 1340. The predicted octanol–water partition coefficient (Wildman–Crippen LogP) is 2.61. The molecule has 0 bridgehead atoms. The number of thioether (sulfide) groups is 1. The fourth-order valence-corrected chi connectivity index (χ4v) is 7.63. The third-order valence-corrected chi connectivity index (χ3v) is 9.93. The molecule has 1 fully saturated rings. The van der Waals surface area contributed by atoms with Gasteiger partial charge in [-0.05, 0) is 50.5 Å². The number of sulfonamides is 1. The molecule has 1 amide bonds. The topological polar surface area (TPSA) is 159 Å². The number of hydrogen-bond donors (Lipinski definition) is 3. The first-order chi connectivity index (χ1) is 18.8. The van der Waals surface area contributed by atoms with Crippen molar-refractivity contribution in [3.05, 3.63) is 65.7 Å². The van der Waals surface area contributed by atoms with Crippen LogP contribution in [-0.4, -0.2) is 70.6 Å². The molecule has 12 heteroatoms. The van der Waals surface area contributed by atoms with E-state index in [2.05, 4.69) is 10.3 Å². The van der Waals surface area contributed by atoms with Gasteiger partial charge >= 0.3 is 5.97 Å². The summed E-state index contributed by atoms with van der Waals surface area (Å²) in [5, 5.41) is 12.4. The van der Waals surface area contributed by atoms with Gasteiger partial charge in [0.1, 0.15) is 17.9 Å². The molecule has 1 unspecified atom stereocenters. The van der Waals surface area contributed by atoms with E-state index in [1.165, 1.54) is 23.9 Å². The SMILES string of the molecule is CC(N)=NCCCC(=O)Cc1ccc(CC(NC(=O)[C@H]2N(S(=O)(=O)c3ccccc3)CSC2(C)C)C(=O)O)cc1. The van der Waals surface area contributed by atoms with Gasteiger partial charge in [-0.1, -0.05) is 42.5 Å². The summed E-state index contributed by atoms with van der Waals surface area (Å²) in [5.74, 6) is -1.28. The van der Waals surface area contributed by atoms with E-state index in [0.717, 1.165) is 9.87 Å². The molecule has 2 atom stereocenters. The van der Waals surface area contributed by atoms with Crippen LogP contribution in [0, 0.1) is 0 Å². The van der Waals surface area contributed by atoms with Crippen LogP contribution >= 0.6 is 11.8 Å². The molecule has 0 aromatic heterocycles. The second-order valence-electron chi connectivity index (χ2n) is 10.2. The van der Waals surface area contributed by atoms with E-state index in [0.29, 0.717) is 30.8 Å². The van der Waals surface area contributed by atoms with Crippen molar-refractivity contribution in [2.24, 2.45) is 10.7 Å². The Kier molecular flexibility index (Phi) is 10.5. The van der Waals surface area contributed by atoms with Gasteiger partial charge in [0.05, 0.1) is 16.6 Å². The number of hydrogen-bond acceptors (Lipinski definition) is 7. The summed E-state index contributed by atoms with van der Waals surface area (Å²) >= 11 is 1.32. The van der Waals surface area contributed by atoms with E-state index in [1.807, 2.05) is 0 Å². The van der Waals surface area contributed by atoms with E-state index in [4.69, 9.17) is 5.73 Å². The summed E-state index contributed by atoms with van der Waals surface area (Å²) in [4.78, 5) is 41.9. The number of amides is 1. The largest absolute Gasteiger partial charge is 0.480 e. The van der Waals surface area contributed by atoms with Gasteiger partial charge in [-0.25, -0.2) is 13.2 Å². The van der Waals surface area contributed by atoms with Crippen molar-refractivity contribution < 1.29 is 27.9 Å². The van der Waals surface area contributed by atoms with Crippen molar-refractivity contribution in [2.45, 2.75) is 68.2 Å². The van der Waals surface area contributed by atoms with E-state index < -0.39 is 38.7 Å². The number of nitrogens with zero attached hydrogens (tertiary/aromatic N) is 2. The minimum Gasteiger partial charge on any atom is -0.480 e. The number of ketones is 1. The quantitative estimate of drug-likeness (QED) is 0.183. The molecule has 4 N–H and O–H groups in total. The summed E-state index contributed by atoms with van der Waals surface area (Å²) in [6, 6.07) is 12.5. The standard InChI is InChI=1S/C28H36N4O6S2/c1-19(29)30-15-7-8-22(33)16-20-11-13-21(14-12-20)17-24(27(35)36)31-26(34)25-28(2,3)39-18-32(25)40(37,38)23-9-5-4-6-10-23/h4-6,9-14,24-25H,7-8,15-18H2,1-3H3,(H2,29,30)(H,31,34)(H,35,36)/t24?,25-/m1/s1. The highest BCUT2D eigenvalue weighted by Crippen LogP contribution is 2.42. The van der Waals surface area contributed by atoms with Crippen LogP contribution in [0.25, 0.3) is 0 Å². The highest BCUT2D eigenvalue weighted by atomic mass is 32.2. The first kappa shape index (κ1) is 31.3. The highest BCUT2D eigenvalue weighted by Gasteiger charge is 2.51. The molecule has 1 heterocycles. The van der Waals surface area contributed by atoms with Gasteiger partial charge in [0.25, 0.3) is 0 Å². The number of aliphatic imine (C=N–C) groups is 1. The maximum absolute atomic E-state index is 13.4. The summed E-state index contributed by atoms with van der Waals surface area (Å²) < 4.78 is 27.0. The molecular formula is C28H36N4O6S2. The number of carbonyl (C=O) groups is 3. The Morgan fingerprint density at radius 3 is 2.35 bits per heavy atom. The molecule has 0 radical (unpaired) electrons. The molecule has 1 aliphatic heterocycles. The molecule has 1 aliphatic rings. The number of aliphatic carboxylic acids is 1. The lowest BCUT2D eigenvalue weighted by Crippen LogP contribution is -2.56. The number of Topliss-reactive ketones (excluding diaryl/α,β-unsaturated/α-hetero) is 1. The zero-order chi connectivity index (χ0) is 29.5. The molecule has 10 nitrogen and oxygen atoms in total. The normalized spacial score (nSPS) is 18.3. The van der Waals surface area contributed by atoms with E-state index in [1.54, 1.807) is 63.2 Å². The van der Waals surface area contributed by atoms with Crippen LogP contribution in [0.5, 0.6) is 0 Å². The lowest BCUT2D eigenvalue weighted by molar-refractivity contribution is -0.142. The number of amidine groups is 1. The molecule has 0 aliphatic carbocycles. The highest BCUT2D eigenvalue weighted by molar-refractivity contribution is 8.02. The molecule has 40 heavy (non-hydrogen) atoms. The Balaban J connectivity index is 1.67. The van der Waals surface area contributed by atoms with E-state index in [-0.39, 0.29) is 29.4 Å². The number of carboxylic acids is 1. The van der Waals surface area contributed by atoms with Crippen LogP contribution < -0.4 is 11.1 Å². The average molecular weight is 589 g/mol. The molecule has 0 saturated carbocycles. The molecule has 216 valence electrons. The maximum Gasteiger partial charge on any atom is 0.326 e. The van der Waals surface area contributed by atoms with E-state index >= 15 is 0 Å². The second-order valence-corrected chi connectivity index (χ2v) is 13.7. The number of nitrogens with two attached hydrogens (primary N) is 1. The van der Waals surface area contributed by atoms with Gasteiger partial charge in [-0.15, -0.1) is 11.8 Å². The summed E-state index contributed by atoms with van der Waals surface area (Å²) in [5.41, 5.74) is 6.95. The molecule has 2 aromatic carbocycles. The second kappa shape index (κ2) is 13.4. The monoisotopic (exact) mass is 588 g/mol. The van der Waals surface area contributed by atoms with E-state index in [9.17, 15) is 27.9 Å². The van der Waals surface area contributed by atoms with Crippen molar-refractivity contribution in [2.75, 3.05) is 12.4 Å². The third-order valence-electron chi connectivity index (χ3n) is 6.56. The predicted molar refractivity (Wildman–Crippen MR) is 156 cm³/mol. The first-order valence-electron chi connectivity index (χ1n) is 12.9. The summed E-state index contributed by atoms with van der Waals surface area (Å²) in [7, 11) is -3.98. The first-order valence-corrected chi connectivity index (χ1v) is 15.3. The summed E-state index contributed by atoms with van der Waals surface area (Å²) in [6.45, 7) is 5.74. The lowest BCUT2D eigenvalue weighted by Gasteiger charge is -2.31. The van der Waals surface area contributed by atoms with Gasteiger partial charge in [0, 0.05) is 30.6 Å². The Labute approximate surface area is 239 Å². The Morgan fingerprint density at radius 2 is 1.75 bits per heavy atom. The molecule has 1 saturated heterocycles. The van der Waals surface area contributed by atoms with Crippen LogP contribution in [0.2, 0.25) is 0 Å². The molecule has 3 rings (SSSR count). The fourth-order valence-electron chi connectivity index (χ4n) is 4.44. The van der Waals surface area contributed by atoms with Crippen molar-refractivity contribution >= 4 is 45.3 Å². The van der Waals surface area contributed by atoms with Gasteiger partial charge in [0.15, 0.2) is 0 Å². The maximum atomic E-state index is 13.4. The van der Waals surface area contributed by atoms with Gasteiger partial charge in [-0.3, -0.25) is 14.6 Å². The zero-order valence-corrected chi connectivity index (χ0v) is 24.5. The van der Waals surface area contributed by atoms with Crippen molar-refractivity contribution in [3.8, 4) is 0 Å². The number of rotatable bonds is 13. The van der Waals surface area contributed by atoms with Gasteiger partial charge in [0.2, 0.25) is 15.9 Å². The van der Waals surface area contributed by atoms with Crippen molar-refractivity contribution in [1.29, 1.82) is 0 Å². The zero-order valence-electron chi connectivity index (χ0n) is 22.9. The van der Waals surface area contributed by atoms with Crippen LogP contribution in [0.4, 0.5) is 0 Å². The smallest absolute Gasteiger partial charge is 0.326 e. The fraction of sp³-hybridized carbons (Fsp3) is 0.429. The number of carbonyl (C=O) groups excluding carboxylic acids is 2. The number of nitrogens with one attached hydrogen (secondary N) is 1. The molecule has 0 spiro atoms. The average Bonchev–Trinajstić information content (AvgIpc) is 3.23. The Hall–Kier alpha value is -3.22. The van der Waals surface area contributed by atoms with Crippen LogP contribution in [0.1, 0.15) is 44.7 Å². The van der Waals surface area contributed by atoms with Crippen LogP contribution in [-0.2, 0) is 37.2 Å². The molecule has 2 aromatic rings. The van der Waals surface area contributed by atoms with Gasteiger partial charge in [-0.2, -0.15) is 4.31 Å². The number of benzene rings is 2. The van der Waals surface area contributed by atoms with Crippen LogP contribution in [0.15, 0.2) is 64.5 Å².